The summed E-state index contributed by atoms with van der Waals surface area (Å²) in [5.74, 6) is -1.72. The molecule has 1 heterocycles. The number of carbonyl (C=O) groups excluding carboxylic acids is 1. The number of hydrogen-bond donors (Lipinski definition) is 1. The number of carboxylic acids is 1. The van der Waals surface area contributed by atoms with Gasteiger partial charge in [0.25, 0.3) is 0 Å². The van der Waals surface area contributed by atoms with E-state index in [0.29, 0.717) is 0 Å². The van der Waals surface area contributed by atoms with Gasteiger partial charge in [-0.15, -0.1) is 0 Å². The summed E-state index contributed by atoms with van der Waals surface area (Å²) in [6.07, 6.45) is 3.17. The van der Waals surface area contributed by atoms with Gasteiger partial charge >= 0.3 is 5.97 Å². The number of aryl methyl sites for hydroxylation is 2. The van der Waals surface area contributed by atoms with Crippen molar-refractivity contribution in [2.45, 2.75) is 20.8 Å². The second kappa shape index (κ2) is 6.36. The van der Waals surface area contributed by atoms with Crippen molar-refractivity contribution >= 4 is 18.0 Å². The van der Waals surface area contributed by atoms with Crippen molar-refractivity contribution in [1.29, 1.82) is 0 Å². The number of likely N-dealkylation sites (N-methyl/N-ethyl adjacent to an activating group) is 1. The molecule has 1 aromatic heterocycles. The Kier molecular flexibility index (Phi) is 5.07. The highest BCUT2D eigenvalue weighted by atomic mass is 16.4. The molecule has 0 aliphatic rings. The standard InChI is InChI=1S/C14H21N3O3/c1-9(14(19)20)8-16(4)13(18)7-6-12-10(2)15-17(5)11(12)3/h6-7,9H,8H2,1-5H3,(H,19,20). The summed E-state index contributed by atoms with van der Waals surface area (Å²) < 4.78 is 1.76. The maximum atomic E-state index is 11.9. The fourth-order valence-corrected chi connectivity index (χ4v) is 1.89. The number of aromatic nitrogens is 2. The Bertz CT molecular complexity index is 546. The summed E-state index contributed by atoms with van der Waals surface area (Å²) in [6.45, 7) is 5.57. The molecule has 1 rings (SSSR count). The van der Waals surface area contributed by atoms with Crippen LogP contribution in [0.25, 0.3) is 6.08 Å². The summed E-state index contributed by atoms with van der Waals surface area (Å²) in [6, 6.07) is 0. The molecule has 0 saturated heterocycles. The van der Waals surface area contributed by atoms with Crippen LogP contribution in [0.3, 0.4) is 0 Å². The molecule has 6 nitrogen and oxygen atoms in total. The van der Waals surface area contributed by atoms with Gasteiger partial charge in [0.2, 0.25) is 5.91 Å². The van der Waals surface area contributed by atoms with Gasteiger partial charge in [0, 0.05) is 38.0 Å². The van der Waals surface area contributed by atoms with Crippen LogP contribution in [0, 0.1) is 19.8 Å². The van der Waals surface area contributed by atoms with Crippen LogP contribution in [0.15, 0.2) is 6.08 Å². The Morgan fingerprint density at radius 1 is 1.45 bits per heavy atom. The largest absolute Gasteiger partial charge is 0.481 e. The molecule has 1 aromatic rings. The third-order valence-corrected chi connectivity index (χ3v) is 3.30. The highest BCUT2D eigenvalue weighted by molar-refractivity contribution is 5.92. The first-order valence-corrected chi connectivity index (χ1v) is 6.40. The zero-order valence-corrected chi connectivity index (χ0v) is 12.5. The van der Waals surface area contributed by atoms with Crippen LogP contribution in [-0.2, 0) is 16.6 Å². The summed E-state index contributed by atoms with van der Waals surface area (Å²) in [7, 11) is 3.44. The lowest BCUT2D eigenvalue weighted by molar-refractivity contribution is -0.142. The van der Waals surface area contributed by atoms with Crippen LogP contribution in [0.5, 0.6) is 0 Å². The van der Waals surface area contributed by atoms with Crippen LogP contribution in [0.4, 0.5) is 0 Å². The van der Waals surface area contributed by atoms with Crippen molar-refractivity contribution in [1.82, 2.24) is 14.7 Å². The lowest BCUT2D eigenvalue weighted by atomic mass is 10.1. The van der Waals surface area contributed by atoms with Crippen molar-refractivity contribution in [2.24, 2.45) is 13.0 Å². The molecule has 0 bridgehead atoms. The van der Waals surface area contributed by atoms with Gasteiger partial charge in [-0.1, -0.05) is 6.92 Å². The fourth-order valence-electron chi connectivity index (χ4n) is 1.89. The second-order valence-electron chi connectivity index (χ2n) is 5.00. The molecule has 0 spiro atoms. The summed E-state index contributed by atoms with van der Waals surface area (Å²) in [5.41, 5.74) is 2.75. The first-order chi connectivity index (χ1) is 9.23. The minimum absolute atomic E-state index is 0.184. The minimum Gasteiger partial charge on any atom is -0.481 e. The van der Waals surface area contributed by atoms with E-state index in [-0.39, 0.29) is 12.5 Å². The smallest absolute Gasteiger partial charge is 0.308 e. The number of aliphatic carboxylic acids is 1. The van der Waals surface area contributed by atoms with Crippen molar-refractivity contribution in [3.63, 3.8) is 0 Å². The van der Waals surface area contributed by atoms with Crippen molar-refractivity contribution in [2.75, 3.05) is 13.6 Å². The van der Waals surface area contributed by atoms with Gasteiger partial charge in [-0.2, -0.15) is 5.10 Å². The number of carbonyl (C=O) groups is 2. The third kappa shape index (κ3) is 3.69. The Balaban J connectivity index is 2.75. The normalized spacial score (nSPS) is 12.7. The molecule has 0 saturated carbocycles. The summed E-state index contributed by atoms with van der Waals surface area (Å²) >= 11 is 0. The SMILES string of the molecule is Cc1nn(C)c(C)c1C=CC(=O)N(C)CC(C)C(=O)O. The lowest BCUT2D eigenvalue weighted by Gasteiger charge is -2.17. The van der Waals surface area contributed by atoms with Crippen LogP contribution >= 0.6 is 0 Å². The average Bonchev–Trinajstić information content (AvgIpc) is 2.60. The van der Waals surface area contributed by atoms with Crippen LogP contribution in [0.1, 0.15) is 23.9 Å². The number of nitrogens with zero attached hydrogens (tertiary/aromatic N) is 3. The predicted octanol–water partition coefficient (Wildman–Crippen LogP) is 1.23. The molecule has 0 aliphatic heterocycles. The topological polar surface area (TPSA) is 75.4 Å². The zero-order chi connectivity index (χ0) is 15.4. The predicted molar refractivity (Wildman–Crippen MR) is 76.2 cm³/mol. The van der Waals surface area contributed by atoms with Crippen molar-refractivity contribution in [3.8, 4) is 0 Å². The van der Waals surface area contributed by atoms with Crippen LogP contribution in [-0.4, -0.2) is 45.3 Å². The van der Waals surface area contributed by atoms with Gasteiger partial charge in [0.1, 0.15) is 0 Å². The van der Waals surface area contributed by atoms with E-state index in [0.717, 1.165) is 17.0 Å². The maximum absolute atomic E-state index is 11.9. The van der Waals surface area contributed by atoms with Gasteiger partial charge in [-0.25, -0.2) is 0 Å². The zero-order valence-electron chi connectivity index (χ0n) is 12.5. The molecule has 110 valence electrons. The van der Waals surface area contributed by atoms with Gasteiger partial charge in [0.15, 0.2) is 0 Å². The van der Waals surface area contributed by atoms with Crippen molar-refractivity contribution in [3.05, 3.63) is 23.0 Å². The molecule has 6 heteroatoms. The molecular formula is C14H21N3O3. The van der Waals surface area contributed by atoms with E-state index in [1.54, 1.807) is 24.7 Å². The van der Waals surface area contributed by atoms with E-state index < -0.39 is 11.9 Å². The monoisotopic (exact) mass is 279 g/mol. The third-order valence-electron chi connectivity index (χ3n) is 3.30. The van der Waals surface area contributed by atoms with E-state index in [1.165, 1.54) is 11.0 Å². The molecule has 1 unspecified atom stereocenters. The Hall–Kier alpha value is -2.11. The van der Waals surface area contributed by atoms with Gasteiger partial charge in [0.05, 0.1) is 11.6 Å². The summed E-state index contributed by atoms with van der Waals surface area (Å²) in [4.78, 5) is 24.1. The first kappa shape index (κ1) is 15.9. The van der Waals surface area contributed by atoms with E-state index in [2.05, 4.69) is 5.10 Å². The van der Waals surface area contributed by atoms with Gasteiger partial charge < -0.3 is 10.0 Å². The molecular weight excluding hydrogens is 258 g/mol. The Morgan fingerprint density at radius 3 is 2.50 bits per heavy atom. The minimum atomic E-state index is -0.910. The van der Waals surface area contributed by atoms with Crippen LogP contribution in [0.2, 0.25) is 0 Å². The number of carboxylic acid groups (broad SMARTS) is 1. The van der Waals surface area contributed by atoms with E-state index >= 15 is 0 Å². The molecule has 1 N–H and O–H groups in total. The lowest BCUT2D eigenvalue weighted by Crippen LogP contribution is -2.32. The van der Waals surface area contributed by atoms with Crippen LogP contribution < -0.4 is 0 Å². The first-order valence-electron chi connectivity index (χ1n) is 6.40. The molecule has 0 aromatic carbocycles. The molecule has 1 amide bonds. The van der Waals surface area contributed by atoms with E-state index in [1.807, 2.05) is 20.9 Å². The molecule has 0 fully saturated rings. The highest BCUT2D eigenvalue weighted by Crippen LogP contribution is 2.13. The van der Waals surface area contributed by atoms with Gasteiger partial charge in [-0.05, 0) is 19.9 Å². The van der Waals surface area contributed by atoms with E-state index in [4.69, 9.17) is 5.11 Å². The maximum Gasteiger partial charge on any atom is 0.308 e. The van der Waals surface area contributed by atoms with Gasteiger partial charge in [-0.3, -0.25) is 14.3 Å². The molecule has 1 atom stereocenters. The summed E-state index contributed by atoms with van der Waals surface area (Å²) in [5, 5.41) is 13.1. The molecule has 0 radical (unpaired) electrons. The quantitative estimate of drug-likeness (QED) is 0.823. The second-order valence-corrected chi connectivity index (χ2v) is 5.00. The Labute approximate surface area is 118 Å². The highest BCUT2D eigenvalue weighted by Gasteiger charge is 2.16. The molecule has 0 aliphatic carbocycles. The number of hydrogen-bond acceptors (Lipinski definition) is 3. The van der Waals surface area contributed by atoms with Crippen molar-refractivity contribution < 1.29 is 14.7 Å². The number of rotatable bonds is 5. The average molecular weight is 279 g/mol. The number of amides is 1. The Morgan fingerprint density at radius 2 is 2.05 bits per heavy atom. The molecule has 20 heavy (non-hydrogen) atoms. The fraction of sp³-hybridized carbons (Fsp3) is 0.500. The van der Waals surface area contributed by atoms with E-state index in [9.17, 15) is 9.59 Å².